The number of pyridine rings is 2. The van der Waals surface area contributed by atoms with Crippen molar-refractivity contribution in [3.8, 4) is 11.3 Å². The zero-order chi connectivity index (χ0) is 28.3. The number of carbonyl (C=O) groups excluding carboxylic acids is 2. The number of benzene rings is 1. The molecule has 1 aromatic carbocycles. The van der Waals surface area contributed by atoms with Crippen molar-refractivity contribution in [2.24, 2.45) is 5.41 Å². The number of aromatic nitrogens is 5. The van der Waals surface area contributed by atoms with E-state index in [9.17, 15) is 9.59 Å². The van der Waals surface area contributed by atoms with Crippen molar-refractivity contribution in [3.05, 3.63) is 71.6 Å². The van der Waals surface area contributed by atoms with Crippen LogP contribution in [-0.4, -0.2) is 53.3 Å². The Morgan fingerprint density at radius 3 is 2.66 bits per heavy atom. The first-order valence-corrected chi connectivity index (χ1v) is 14.3. The molecule has 41 heavy (non-hydrogen) atoms. The summed E-state index contributed by atoms with van der Waals surface area (Å²) in [7, 11) is 0. The van der Waals surface area contributed by atoms with Gasteiger partial charge < -0.3 is 20.5 Å². The van der Waals surface area contributed by atoms with Gasteiger partial charge in [-0.05, 0) is 64.9 Å². The van der Waals surface area contributed by atoms with Crippen LogP contribution in [0.4, 0.5) is 11.6 Å². The maximum absolute atomic E-state index is 14.1. The van der Waals surface area contributed by atoms with Gasteiger partial charge >= 0.3 is 0 Å². The van der Waals surface area contributed by atoms with Gasteiger partial charge in [0.25, 0.3) is 0 Å². The predicted octanol–water partition coefficient (Wildman–Crippen LogP) is 4.79. The molecule has 5 heterocycles. The zero-order valence-corrected chi connectivity index (χ0v) is 23.9. The van der Waals surface area contributed by atoms with E-state index in [2.05, 4.69) is 43.1 Å². The quantitative estimate of drug-likeness (QED) is 0.273. The lowest BCUT2D eigenvalue weighted by molar-refractivity contribution is -0.141. The maximum Gasteiger partial charge on any atom is 0.248 e. The Kier molecular flexibility index (Phi) is 6.00. The van der Waals surface area contributed by atoms with E-state index in [4.69, 9.17) is 10.7 Å². The average Bonchev–Trinajstić information content (AvgIpc) is 3.38. The van der Waals surface area contributed by atoms with Crippen LogP contribution in [0.5, 0.6) is 0 Å². The molecule has 3 N–H and O–H groups in total. The van der Waals surface area contributed by atoms with E-state index in [1.54, 1.807) is 17.0 Å². The third-order valence-corrected chi connectivity index (χ3v) is 9.00. The molecule has 11 heteroatoms. The van der Waals surface area contributed by atoms with Crippen LogP contribution < -0.4 is 11.1 Å². The molecule has 10 nitrogen and oxygen atoms in total. The second-order valence-electron chi connectivity index (χ2n) is 11.0. The second kappa shape index (κ2) is 9.62. The van der Waals surface area contributed by atoms with Crippen molar-refractivity contribution in [3.63, 3.8) is 0 Å². The normalized spacial score (nSPS) is 21.6. The van der Waals surface area contributed by atoms with Crippen molar-refractivity contribution in [1.82, 2.24) is 29.4 Å². The number of nitrogens with one attached hydrogen (secondary N) is 1. The molecule has 206 valence electrons. The van der Waals surface area contributed by atoms with Crippen molar-refractivity contribution < 1.29 is 9.59 Å². The highest BCUT2D eigenvalue weighted by Gasteiger charge is 2.58. The topological polar surface area (TPSA) is 132 Å². The highest BCUT2D eigenvalue weighted by molar-refractivity contribution is 9.10. The van der Waals surface area contributed by atoms with Crippen LogP contribution in [0.1, 0.15) is 26.2 Å². The number of rotatable bonds is 5. The maximum atomic E-state index is 14.1. The summed E-state index contributed by atoms with van der Waals surface area (Å²) in [5.41, 5.74) is 9.89. The first-order chi connectivity index (χ1) is 19.8. The van der Waals surface area contributed by atoms with Gasteiger partial charge in [-0.3, -0.25) is 9.59 Å². The van der Waals surface area contributed by atoms with Gasteiger partial charge in [0.05, 0.1) is 16.6 Å². The van der Waals surface area contributed by atoms with Gasteiger partial charge in [-0.2, -0.15) is 0 Å². The third-order valence-electron chi connectivity index (χ3n) is 8.56. The summed E-state index contributed by atoms with van der Waals surface area (Å²) in [5.74, 6) is 0.359. The number of hydrogen-bond acceptors (Lipinski definition) is 7. The lowest BCUT2D eigenvalue weighted by Crippen LogP contribution is -2.52. The number of anilines is 2. The standard InChI is InChI=1S/C30H27BrN8O2/c1-30-13-12-21(30)39(20(14-30)29(41)37-23-9-5-8-22(31)36-23)24(40)15-38-19-11-10-18(17-6-3-2-4-7-17)35-26(19)25-27(32)33-16-34-28(25)38/h2-11,16,20-21H,12-15H2,1H3,(H2,32,33,34)(H,36,37,41)/t20-,21+,30+/m0/s1. The molecule has 2 fully saturated rings. The molecular formula is C30H27BrN8O2. The van der Waals surface area contributed by atoms with E-state index in [0.717, 1.165) is 29.6 Å². The molecule has 2 amide bonds. The van der Waals surface area contributed by atoms with Gasteiger partial charge in [-0.15, -0.1) is 0 Å². The Labute approximate surface area is 244 Å². The summed E-state index contributed by atoms with van der Waals surface area (Å²) in [4.78, 5) is 47.4. The monoisotopic (exact) mass is 610 g/mol. The van der Waals surface area contributed by atoms with Gasteiger partial charge in [0.1, 0.15) is 46.3 Å². The van der Waals surface area contributed by atoms with Crippen LogP contribution in [0.25, 0.3) is 33.3 Å². The fourth-order valence-corrected chi connectivity index (χ4v) is 6.77. The minimum Gasteiger partial charge on any atom is -0.383 e. The number of likely N-dealkylation sites (tertiary alicyclic amines) is 1. The summed E-state index contributed by atoms with van der Waals surface area (Å²) in [6.07, 6.45) is 3.85. The fourth-order valence-electron chi connectivity index (χ4n) is 6.43. The molecule has 3 atom stereocenters. The summed E-state index contributed by atoms with van der Waals surface area (Å²) >= 11 is 3.35. The van der Waals surface area contributed by atoms with Crippen LogP contribution in [0, 0.1) is 5.41 Å². The summed E-state index contributed by atoms with van der Waals surface area (Å²) in [6, 6.07) is 18.5. The number of nitrogen functional groups attached to an aromatic ring is 1. The molecule has 0 radical (unpaired) electrons. The molecule has 0 bridgehead atoms. The van der Waals surface area contributed by atoms with Crippen LogP contribution in [-0.2, 0) is 16.1 Å². The van der Waals surface area contributed by atoms with Gasteiger partial charge in [0.15, 0.2) is 0 Å². The molecule has 5 aromatic rings. The van der Waals surface area contributed by atoms with E-state index >= 15 is 0 Å². The smallest absolute Gasteiger partial charge is 0.248 e. The Bertz CT molecular complexity index is 1840. The Balaban J connectivity index is 1.26. The number of amides is 2. The van der Waals surface area contributed by atoms with Crippen LogP contribution >= 0.6 is 15.9 Å². The van der Waals surface area contributed by atoms with Gasteiger partial charge in [-0.1, -0.05) is 43.3 Å². The summed E-state index contributed by atoms with van der Waals surface area (Å²) in [6.45, 7) is 2.16. The van der Waals surface area contributed by atoms with E-state index in [1.165, 1.54) is 6.33 Å². The Morgan fingerprint density at radius 2 is 1.90 bits per heavy atom. The van der Waals surface area contributed by atoms with Crippen molar-refractivity contribution in [1.29, 1.82) is 0 Å². The highest BCUT2D eigenvalue weighted by Crippen LogP contribution is 2.54. The molecule has 1 saturated heterocycles. The van der Waals surface area contributed by atoms with E-state index < -0.39 is 6.04 Å². The minimum absolute atomic E-state index is 0.00295. The van der Waals surface area contributed by atoms with E-state index in [0.29, 0.717) is 39.2 Å². The summed E-state index contributed by atoms with van der Waals surface area (Å²) in [5, 5.41) is 3.52. The lowest BCUT2D eigenvalue weighted by Gasteiger charge is -2.44. The number of hydrogen-bond donors (Lipinski definition) is 2. The van der Waals surface area contributed by atoms with Gasteiger partial charge in [0.2, 0.25) is 11.8 Å². The molecule has 7 rings (SSSR count). The average molecular weight is 612 g/mol. The summed E-state index contributed by atoms with van der Waals surface area (Å²) < 4.78 is 2.46. The number of halogens is 1. The van der Waals surface area contributed by atoms with Crippen LogP contribution in [0.3, 0.4) is 0 Å². The largest absolute Gasteiger partial charge is 0.383 e. The molecule has 2 aliphatic rings. The third kappa shape index (κ3) is 4.22. The Hall–Kier alpha value is -4.38. The van der Waals surface area contributed by atoms with E-state index in [1.807, 2.05) is 53.1 Å². The molecule has 1 aliphatic carbocycles. The molecule has 1 aliphatic heterocycles. The molecule has 1 saturated carbocycles. The SMILES string of the molecule is C[C@]12CC[C@H]1N(C(=O)Cn1c3ccc(-c4ccccc4)nc3c3c(N)ncnc31)[C@H](C(=O)Nc1cccc(Br)n1)C2. The highest BCUT2D eigenvalue weighted by atomic mass is 79.9. The minimum atomic E-state index is -0.601. The molecule has 0 unspecified atom stereocenters. The van der Waals surface area contributed by atoms with E-state index in [-0.39, 0.29) is 29.8 Å². The predicted molar refractivity (Wildman–Crippen MR) is 160 cm³/mol. The second-order valence-corrected chi connectivity index (χ2v) is 11.9. The van der Waals surface area contributed by atoms with Crippen LogP contribution in [0.2, 0.25) is 0 Å². The van der Waals surface area contributed by atoms with Crippen LogP contribution in [0.15, 0.2) is 71.6 Å². The number of nitrogens with two attached hydrogens (primary N) is 1. The number of fused-ring (bicyclic) bond motifs is 4. The first kappa shape index (κ1) is 25.6. The lowest BCUT2D eigenvalue weighted by atomic mass is 9.66. The molecule has 4 aromatic heterocycles. The van der Waals surface area contributed by atoms with Crippen molar-refractivity contribution >= 4 is 61.4 Å². The number of nitrogens with zero attached hydrogens (tertiary/aromatic N) is 6. The first-order valence-electron chi connectivity index (χ1n) is 13.5. The molecular weight excluding hydrogens is 584 g/mol. The van der Waals surface area contributed by atoms with Crippen molar-refractivity contribution in [2.45, 2.75) is 44.8 Å². The van der Waals surface area contributed by atoms with Crippen molar-refractivity contribution in [2.75, 3.05) is 11.1 Å². The zero-order valence-electron chi connectivity index (χ0n) is 22.3. The van der Waals surface area contributed by atoms with Gasteiger partial charge in [0, 0.05) is 11.6 Å². The molecule has 0 spiro atoms. The Morgan fingerprint density at radius 1 is 1.07 bits per heavy atom. The number of carbonyl (C=O) groups is 2. The van der Waals surface area contributed by atoms with Gasteiger partial charge in [-0.25, -0.2) is 19.9 Å². The fraction of sp³-hybridized carbons (Fsp3) is 0.267.